The number of azide groups is 2. The van der Waals surface area contributed by atoms with Gasteiger partial charge in [-0.15, -0.1) is 0 Å². The van der Waals surface area contributed by atoms with E-state index in [9.17, 15) is 8.42 Å². The van der Waals surface area contributed by atoms with E-state index in [0.717, 1.165) is 11.4 Å². The minimum atomic E-state index is -3.24. The van der Waals surface area contributed by atoms with Crippen molar-refractivity contribution in [2.75, 3.05) is 48.5 Å². The number of benzene rings is 2. The van der Waals surface area contributed by atoms with Crippen molar-refractivity contribution in [3.63, 3.8) is 0 Å². The van der Waals surface area contributed by atoms with Gasteiger partial charge in [0.25, 0.3) is 0 Å². The predicted octanol–water partition coefficient (Wildman–Crippen LogP) is 4.56. The van der Waals surface area contributed by atoms with Gasteiger partial charge in [0.2, 0.25) is 0 Å². The van der Waals surface area contributed by atoms with Crippen molar-refractivity contribution in [3.05, 3.63) is 69.4 Å². The van der Waals surface area contributed by atoms with E-state index in [0.29, 0.717) is 24.5 Å². The number of anilines is 2. The molecule has 11 heteroatoms. The molecule has 0 aromatic heterocycles. The van der Waals surface area contributed by atoms with E-state index < -0.39 is 9.84 Å². The Kier molecular flexibility index (Phi) is 7.73. The van der Waals surface area contributed by atoms with Crippen LogP contribution >= 0.6 is 0 Å². The van der Waals surface area contributed by atoms with E-state index in [1.54, 1.807) is 48.5 Å². The quantitative estimate of drug-likeness (QED) is 0.319. The maximum absolute atomic E-state index is 12.4. The normalized spacial score (nSPS) is 10.6. The Morgan fingerprint density at radius 3 is 1.41 bits per heavy atom. The second-order valence-electron chi connectivity index (χ2n) is 6.41. The smallest absolute Gasteiger partial charge is 0.153 e. The molecule has 0 N–H and O–H groups in total. The van der Waals surface area contributed by atoms with Crippen molar-refractivity contribution in [1.82, 2.24) is 0 Å². The first-order valence-corrected chi connectivity index (χ1v) is 10.6. The third kappa shape index (κ3) is 6.93. The highest BCUT2D eigenvalue weighted by Crippen LogP contribution is 2.20. The Morgan fingerprint density at radius 1 is 0.759 bits per heavy atom. The number of hydrogen-bond donors (Lipinski definition) is 0. The van der Waals surface area contributed by atoms with E-state index in [2.05, 4.69) is 20.1 Å². The molecule has 0 fully saturated rings. The molecule has 152 valence electrons. The summed E-state index contributed by atoms with van der Waals surface area (Å²) >= 11 is 0. The van der Waals surface area contributed by atoms with Crippen LogP contribution < -0.4 is 9.80 Å². The molecular weight excluding hydrogens is 392 g/mol. The lowest BCUT2D eigenvalue weighted by Gasteiger charge is -2.21. The Balaban J connectivity index is 1.87. The van der Waals surface area contributed by atoms with E-state index in [-0.39, 0.29) is 11.5 Å². The van der Waals surface area contributed by atoms with Crippen molar-refractivity contribution in [2.24, 2.45) is 10.2 Å². The maximum Gasteiger partial charge on any atom is 0.153 e. The molecule has 0 spiro atoms. The van der Waals surface area contributed by atoms with Gasteiger partial charge in [-0.05, 0) is 35.3 Å². The molecule has 0 aliphatic rings. The molecule has 0 aliphatic carbocycles. The minimum Gasteiger partial charge on any atom is -0.374 e. The van der Waals surface area contributed by atoms with Gasteiger partial charge in [0.05, 0.1) is 11.5 Å². The molecule has 29 heavy (non-hydrogen) atoms. The van der Waals surface area contributed by atoms with Crippen LogP contribution in [0.2, 0.25) is 0 Å². The topological polar surface area (TPSA) is 138 Å². The average molecular weight is 414 g/mol. The molecule has 0 unspecified atom stereocenters. The maximum atomic E-state index is 12.4. The van der Waals surface area contributed by atoms with Crippen LogP contribution in [0.15, 0.2) is 58.8 Å². The predicted molar refractivity (Wildman–Crippen MR) is 116 cm³/mol. The molecule has 2 aromatic carbocycles. The fourth-order valence-electron chi connectivity index (χ4n) is 2.56. The third-order valence-electron chi connectivity index (χ3n) is 4.38. The van der Waals surface area contributed by atoms with Crippen molar-refractivity contribution in [2.45, 2.75) is 0 Å². The zero-order valence-electron chi connectivity index (χ0n) is 16.2. The molecule has 0 saturated heterocycles. The van der Waals surface area contributed by atoms with Crippen LogP contribution in [-0.2, 0) is 9.84 Å². The summed E-state index contributed by atoms with van der Waals surface area (Å²) in [5.74, 6) is 0.0660. The fourth-order valence-corrected chi connectivity index (χ4v) is 3.87. The Bertz CT molecular complexity index is 931. The molecule has 2 rings (SSSR count). The summed E-state index contributed by atoms with van der Waals surface area (Å²) in [6.07, 6.45) is 0. The highest BCUT2D eigenvalue weighted by molar-refractivity contribution is 7.91. The number of rotatable bonds is 10. The van der Waals surface area contributed by atoms with Crippen LogP contribution in [0, 0.1) is 0 Å². The van der Waals surface area contributed by atoms with Gasteiger partial charge in [0.1, 0.15) is 0 Å². The largest absolute Gasteiger partial charge is 0.374 e. The van der Waals surface area contributed by atoms with Crippen LogP contribution in [0.25, 0.3) is 20.9 Å². The Labute approximate surface area is 169 Å². The molecule has 0 aliphatic heterocycles. The number of nitrogens with zero attached hydrogens (tertiary/aromatic N) is 8. The van der Waals surface area contributed by atoms with Gasteiger partial charge >= 0.3 is 0 Å². The molecule has 0 atom stereocenters. The number of hydrogen-bond acceptors (Lipinski definition) is 6. The van der Waals surface area contributed by atoms with Crippen molar-refractivity contribution in [3.8, 4) is 0 Å². The SMILES string of the molecule is CN(CCS(=O)(=O)CCN(C)c1ccc(N=[N+]=[N-])cc1)c1ccc(N=[N+]=[N-])cc1. The van der Waals surface area contributed by atoms with Crippen LogP contribution in [-0.4, -0.2) is 47.1 Å². The van der Waals surface area contributed by atoms with Gasteiger partial charge < -0.3 is 9.80 Å². The molecule has 0 heterocycles. The second kappa shape index (κ2) is 10.2. The summed E-state index contributed by atoms with van der Waals surface area (Å²) in [5.41, 5.74) is 19.6. The zero-order valence-corrected chi connectivity index (χ0v) is 17.1. The van der Waals surface area contributed by atoms with Crippen molar-refractivity contribution >= 4 is 32.6 Å². The lowest BCUT2D eigenvalue weighted by Crippen LogP contribution is -2.30. The van der Waals surface area contributed by atoms with E-state index in [1.807, 2.05) is 23.9 Å². The van der Waals surface area contributed by atoms with Gasteiger partial charge in [-0.1, -0.05) is 34.5 Å². The summed E-state index contributed by atoms with van der Waals surface area (Å²) in [4.78, 5) is 9.14. The molecule has 0 bridgehead atoms. The standard InChI is InChI=1S/C18H22N8O2S/c1-25(17-7-3-15(4-8-17)21-23-19)11-13-29(27,28)14-12-26(2)18-9-5-16(6-10-18)22-24-20/h3-10H,11-14H2,1-2H3. The summed E-state index contributed by atoms with van der Waals surface area (Å²) < 4.78 is 24.8. The van der Waals surface area contributed by atoms with E-state index in [4.69, 9.17) is 11.1 Å². The summed E-state index contributed by atoms with van der Waals surface area (Å²) in [5, 5.41) is 7.03. The molecule has 0 radical (unpaired) electrons. The van der Waals surface area contributed by atoms with E-state index in [1.165, 1.54) is 0 Å². The zero-order chi connectivity index (χ0) is 21.3. The molecular formula is C18H22N8O2S. The van der Waals surface area contributed by atoms with Gasteiger partial charge in [0.15, 0.2) is 9.84 Å². The first-order valence-electron chi connectivity index (χ1n) is 8.77. The summed E-state index contributed by atoms with van der Waals surface area (Å²) in [6, 6.07) is 13.9. The minimum absolute atomic E-state index is 0.0330. The number of sulfone groups is 1. The molecule has 0 saturated carbocycles. The van der Waals surface area contributed by atoms with Gasteiger partial charge in [0, 0.05) is 59.8 Å². The highest BCUT2D eigenvalue weighted by Gasteiger charge is 2.14. The van der Waals surface area contributed by atoms with Crippen LogP contribution in [0.3, 0.4) is 0 Å². The highest BCUT2D eigenvalue weighted by atomic mass is 32.2. The summed E-state index contributed by atoms with van der Waals surface area (Å²) in [6.45, 7) is 0.710. The van der Waals surface area contributed by atoms with Crippen molar-refractivity contribution < 1.29 is 8.42 Å². The van der Waals surface area contributed by atoms with Crippen LogP contribution in [0.4, 0.5) is 22.7 Å². The molecule has 10 nitrogen and oxygen atoms in total. The van der Waals surface area contributed by atoms with Crippen molar-refractivity contribution in [1.29, 1.82) is 0 Å². The lowest BCUT2D eigenvalue weighted by atomic mass is 10.2. The third-order valence-corrected chi connectivity index (χ3v) is 5.99. The van der Waals surface area contributed by atoms with Crippen LogP contribution in [0.5, 0.6) is 0 Å². The monoisotopic (exact) mass is 414 g/mol. The average Bonchev–Trinajstić information content (AvgIpc) is 2.72. The summed E-state index contributed by atoms with van der Waals surface area (Å²) in [7, 11) is 0.392. The first kappa shape index (κ1) is 21.9. The van der Waals surface area contributed by atoms with E-state index >= 15 is 0 Å². The fraction of sp³-hybridized carbons (Fsp3) is 0.333. The lowest BCUT2D eigenvalue weighted by molar-refractivity contribution is 0.594. The van der Waals surface area contributed by atoms with Gasteiger partial charge in [-0.25, -0.2) is 8.42 Å². The molecule has 2 aromatic rings. The molecule has 0 amide bonds. The van der Waals surface area contributed by atoms with Crippen LogP contribution in [0.1, 0.15) is 0 Å². The van der Waals surface area contributed by atoms with Gasteiger partial charge in [-0.3, -0.25) is 0 Å². The van der Waals surface area contributed by atoms with Gasteiger partial charge in [-0.2, -0.15) is 0 Å². The first-order chi connectivity index (χ1) is 13.8. The second-order valence-corrected chi connectivity index (χ2v) is 8.71. The Morgan fingerprint density at radius 2 is 1.10 bits per heavy atom. The Hall–Kier alpha value is -3.39.